The summed E-state index contributed by atoms with van der Waals surface area (Å²) < 4.78 is 10.3. The largest absolute Gasteiger partial charge is 0.465 e. The molecule has 2 aromatic carbocycles. The van der Waals surface area contributed by atoms with Crippen molar-refractivity contribution in [3.05, 3.63) is 65.0 Å². The molecule has 0 bridgehead atoms. The summed E-state index contributed by atoms with van der Waals surface area (Å²) in [4.78, 5) is 11.6. The van der Waals surface area contributed by atoms with Gasteiger partial charge in [-0.15, -0.1) is 10.2 Å². The molecule has 3 rings (SSSR count). The van der Waals surface area contributed by atoms with Crippen LogP contribution in [0.15, 0.2) is 52.9 Å². The van der Waals surface area contributed by atoms with Crippen molar-refractivity contribution in [1.29, 1.82) is 0 Å². The van der Waals surface area contributed by atoms with Crippen LogP contribution < -0.4 is 5.32 Å². The highest BCUT2D eigenvalue weighted by Gasteiger charge is 2.10. The zero-order valence-corrected chi connectivity index (χ0v) is 13.6. The predicted molar refractivity (Wildman–Crippen MR) is 89.9 cm³/mol. The van der Waals surface area contributed by atoms with Gasteiger partial charge in [-0.05, 0) is 30.3 Å². The van der Waals surface area contributed by atoms with Crippen LogP contribution in [0.2, 0.25) is 5.02 Å². The Morgan fingerprint density at radius 2 is 2.00 bits per heavy atom. The van der Waals surface area contributed by atoms with Gasteiger partial charge in [-0.3, -0.25) is 0 Å². The van der Waals surface area contributed by atoms with Crippen molar-refractivity contribution in [2.24, 2.45) is 0 Å². The monoisotopic (exact) mass is 343 g/mol. The molecule has 122 valence electrons. The summed E-state index contributed by atoms with van der Waals surface area (Å²) in [7, 11) is 1.32. The fourth-order valence-electron chi connectivity index (χ4n) is 2.13. The summed E-state index contributed by atoms with van der Waals surface area (Å²) in [6.45, 7) is 0.306. The molecule has 0 atom stereocenters. The van der Waals surface area contributed by atoms with Crippen LogP contribution in [0.25, 0.3) is 11.5 Å². The van der Waals surface area contributed by atoms with Gasteiger partial charge in [0.2, 0.25) is 11.8 Å². The van der Waals surface area contributed by atoms with E-state index in [4.69, 9.17) is 20.8 Å². The summed E-state index contributed by atoms with van der Waals surface area (Å²) >= 11 is 6.02. The standard InChI is InChI=1S/C17H14ClN3O3/c1-23-17(22)12-7-13(18)9-14(8-12)19-10-15-20-21-16(24-15)11-5-3-2-4-6-11/h2-9,19H,10H2,1H3. The number of rotatable bonds is 5. The Kier molecular flexibility index (Phi) is 4.77. The lowest BCUT2D eigenvalue weighted by Crippen LogP contribution is -2.04. The van der Waals surface area contributed by atoms with Crippen LogP contribution in [0.4, 0.5) is 5.69 Å². The number of ether oxygens (including phenoxy) is 1. The number of nitrogens with one attached hydrogen (secondary N) is 1. The van der Waals surface area contributed by atoms with E-state index in [-0.39, 0.29) is 0 Å². The van der Waals surface area contributed by atoms with Crippen LogP contribution in [0.1, 0.15) is 16.2 Å². The molecule has 0 aliphatic heterocycles. The van der Waals surface area contributed by atoms with Gasteiger partial charge < -0.3 is 14.5 Å². The number of halogens is 1. The molecule has 3 aromatic rings. The van der Waals surface area contributed by atoms with Gasteiger partial charge in [0.05, 0.1) is 19.2 Å². The number of carbonyl (C=O) groups is 1. The molecule has 0 saturated heterocycles. The summed E-state index contributed by atoms with van der Waals surface area (Å²) in [5.41, 5.74) is 1.87. The van der Waals surface area contributed by atoms with Gasteiger partial charge >= 0.3 is 5.97 Å². The number of aromatic nitrogens is 2. The average Bonchev–Trinajstić information content (AvgIpc) is 3.08. The van der Waals surface area contributed by atoms with Gasteiger partial charge in [0, 0.05) is 16.3 Å². The molecule has 0 unspecified atom stereocenters. The highest BCUT2D eigenvalue weighted by atomic mass is 35.5. The fourth-order valence-corrected chi connectivity index (χ4v) is 2.36. The van der Waals surface area contributed by atoms with Crippen LogP contribution in [-0.4, -0.2) is 23.3 Å². The quantitative estimate of drug-likeness (QED) is 0.710. The highest BCUT2D eigenvalue weighted by Crippen LogP contribution is 2.21. The maximum Gasteiger partial charge on any atom is 0.337 e. The second-order valence-corrected chi connectivity index (χ2v) is 5.38. The number of esters is 1. The van der Waals surface area contributed by atoms with E-state index >= 15 is 0 Å². The number of hydrogen-bond donors (Lipinski definition) is 1. The number of nitrogens with zero attached hydrogens (tertiary/aromatic N) is 2. The highest BCUT2D eigenvalue weighted by molar-refractivity contribution is 6.31. The van der Waals surface area contributed by atoms with Gasteiger partial charge in [-0.2, -0.15) is 0 Å². The summed E-state index contributed by atoms with van der Waals surface area (Å²) in [5, 5.41) is 11.5. The first kappa shape index (κ1) is 16.0. The van der Waals surface area contributed by atoms with Gasteiger partial charge in [0.1, 0.15) is 0 Å². The minimum Gasteiger partial charge on any atom is -0.465 e. The lowest BCUT2D eigenvalue weighted by Gasteiger charge is -2.07. The second kappa shape index (κ2) is 7.14. The molecule has 0 aliphatic rings. The number of benzene rings is 2. The van der Waals surface area contributed by atoms with Crippen LogP contribution in [-0.2, 0) is 11.3 Å². The van der Waals surface area contributed by atoms with E-state index in [2.05, 4.69) is 15.5 Å². The zero-order chi connectivity index (χ0) is 16.9. The molecule has 0 amide bonds. The second-order valence-electron chi connectivity index (χ2n) is 4.94. The van der Waals surface area contributed by atoms with E-state index in [9.17, 15) is 4.79 Å². The molecular weight excluding hydrogens is 330 g/mol. The van der Waals surface area contributed by atoms with Gasteiger partial charge in [0.25, 0.3) is 0 Å². The first-order valence-corrected chi connectivity index (χ1v) is 7.54. The van der Waals surface area contributed by atoms with Crippen LogP contribution >= 0.6 is 11.6 Å². The molecule has 0 aliphatic carbocycles. The third kappa shape index (κ3) is 3.72. The van der Waals surface area contributed by atoms with Crippen molar-refractivity contribution in [2.75, 3.05) is 12.4 Å². The van der Waals surface area contributed by atoms with E-state index in [0.717, 1.165) is 5.56 Å². The molecule has 0 radical (unpaired) electrons. The molecule has 24 heavy (non-hydrogen) atoms. The van der Waals surface area contributed by atoms with Crippen molar-refractivity contribution in [3.63, 3.8) is 0 Å². The summed E-state index contributed by atoms with van der Waals surface area (Å²) in [6.07, 6.45) is 0. The van der Waals surface area contributed by atoms with Crippen LogP contribution in [0, 0.1) is 0 Å². The first-order chi connectivity index (χ1) is 11.7. The average molecular weight is 344 g/mol. The van der Waals surface area contributed by atoms with Gasteiger partial charge in [0.15, 0.2) is 0 Å². The third-order valence-electron chi connectivity index (χ3n) is 3.25. The topological polar surface area (TPSA) is 77.2 Å². The van der Waals surface area contributed by atoms with E-state index in [1.165, 1.54) is 7.11 Å². The Labute approximate surface area is 143 Å². The summed E-state index contributed by atoms with van der Waals surface area (Å²) in [6, 6.07) is 14.4. The predicted octanol–water partition coefficient (Wildman–Crippen LogP) is 3.79. The van der Waals surface area contributed by atoms with Crippen molar-refractivity contribution < 1.29 is 13.9 Å². The van der Waals surface area contributed by atoms with E-state index in [0.29, 0.717) is 34.6 Å². The summed E-state index contributed by atoms with van der Waals surface area (Å²) in [5.74, 6) is 0.423. The molecule has 6 nitrogen and oxygen atoms in total. The molecule has 0 spiro atoms. The number of carbonyl (C=O) groups excluding carboxylic acids is 1. The SMILES string of the molecule is COC(=O)c1cc(Cl)cc(NCc2nnc(-c3ccccc3)o2)c1. The van der Waals surface area contributed by atoms with Crippen molar-refractivity contribution in [3.8, 4) is 11.5 Å². The molecule has 7 heteroatoms. The van der Waals surface area contributed by atoms with E-state index in [1.54, 1.807) is 18.2 Å². The molecule has 0 fully saturated rings. The van der Waals surface area contributed by atoms with E-state index < -0.39 is 5.97 Å². The number of anilines is 1. The molecule has 1 aromatic heterocycles. The molecule has 1 heterocycles. The van der Waals surface area contributed by atoms with Crippen molar-refractivity contribution in [2.45, 2.75) is 6.54 Å². The Balaban J connectivity index is 1.71. The van der Waals surface area contributed by atoms with Crippen LogP contribution in [0.5, 0.6) is 0 Å². The van der Waals surface area contributed by atoms with Crippen LogP contribution in [0.3, 0.4) is 0 Å². The van der Waals surface area contributed by atoms with Crippen molar-refractivity contribution in [1.82, 2.24) is 10.2 Å². The lowest BCUT2D eigenvalue weighted by molar-refractivity contribution is 0.0601. The Hall–Kier alpha value is -2.86. The fraction of sp³-hybridized carbons (Fsp3) is 0.118. The maximum atomic E-state index is 11.6. The van der Waals surface area contributed by atoms with E-state index in [1.807, 2.05) is 30.3 Å². The van der Waals surface area contributed by atoms with Gasteiger partial charge in [-0.1, -0.05) is 29.8 Å². The first-order valence-electron chi connectivity index (χ1n) is 7.16. The zero-order valence-electron chi connectivity index (χ0n) is 12.8. The Morgan fingerprint density at radius 1 is 1.21 bits per heavy atom. The lowest BCUT2D eigenvalue weighted by atomic mass is 10.2. The molecule has 1 N–H and O–H groups in total. The smallest absolute Gasteiger partial charge is 0.337 e. The Bertz CT molecular complexity index is 849. The molecular formula is C17H14ClN3O3. The number of hydrogen-bond acceptors (Lipinski definition) is 6. The molecule has 0 saturated carbocycles. The minimum atomic E-state index is -0.454. The van der Waals surface area contributed by atoms with Gasteiger partial charge in [-0.25, -0.2) is 4.79 Å². The number of methoxy groups -OCH3 is 1. The third-order valence-corrected chi connectivity index (χ3v) is 3.47. The van der Waals surface area contributed by atoms with Crippen molar-refractivity contribution >= 4 is 23.3 Å². The maximum absolute atomic E-state index is 11.6. The minimum absolute atomic E-state index is 0.306. The Morgan fingerprint density at radius 3 is 2.75 bits per heavy atom. The normalized spacial score (nSPS) is 10.4.